The van der Waals surface area contributed by atoms with E-state index in [1.807, 2.05) is 49.4 Å². The van der Waals surface area contributed by atoms with E-state index in [0.29, 0.717) is 12.1 Å². The van der Waals surface area contributed by atoms with Crippen LogP contribution < -0.4 is 15.5 Å². The number of urea groups is 1. The van der Waals surface area contributed by atoms with Crippen molar-refractivity contribution in [2.24, 2.45) is 0 Å². The number of hydrogen-bond donors (Lipinski definition) is 2. The lowest BCUT2D eigenvalue weighted by molar-refractivity contribution is -0.118. The van der Waals surface area contributed by atoms with Crippen LogP contribution in [0.4, 0.5) is 15.3 Å². The minimum atomic E-state index is -0.551. The summed E-state index contributed by atoms with van der Waals surface area (Å²) in [4.78, 5) is 38.3. The lowest BCUT2D eigenvalue weighted by Crippen LogP contribution is -2.43. The van der Waals surface area contributed by atoms with Crippen LogP contribution in [-0.2, 0) is 9.53 Å². The van der Waals surface area contributed by atoms with E-state index >= 15 is 0 Å². The summed E-state index contributed by atoms with van der Waals surface area (Å²) in [6, 6.07) is 16.1. The minimum absolute atomic E-state index is 0.242. The highest BCUT2D eigenvalue weighted by Gasteiger charge is 2.40. The minimum Gasteiger partial charge on any atom is -0.453 e. The van der Waals surface area contributed by atoms with Crippen LogP contribution in [-0.4, -0.2) is 31.7 Å². The van der Waals surface area contributed by atoms with Gasteiger partial charge in [-0.2, -0.15) is 0 Å². The third-order valence-electron chi connectivity index (χ3n) is 4.80. The zero-order valence-corrected chi connectivity index (χ0v) is 15.8. The summed E-state index contributed by atoms with van der Waals surface area (Å²) in [5.41, 5.74) is 2.31. The lowest BCUT2D eigenvalue weighted by Gasteiger charge is -2.21. The molecule has 0 saturated heterocycles. The zero-order valence-electron chi connectivity index (χ0n) is 15.8. The molecule has 0 aliphatic carbocycles. The number of para-hydroxylation sites is 1. The summed E-state index contributed by atoms with van der Waals surface area (Å²) in [7, 11) is 1.28. The second kappa shape index (κ2) is 8.56. The average molecular weight is 381 g/mol. The van der Waals surface area contributed by atoms with Crippen LogP contribution in [0.1, 0.15) is 36.4 Å². The average Bonchev–Trinajstić information content (AvgIpc) is 3.00. The molecule has 4 amide bonds. The van der Waals surface area contributed by atoms with Crippen molar-refractivity contribution in [1.82, 2.24) is 10.6 Å². The number of carbonyl (C=O) groups excluding carboxylic acids is 3. The SMILES string of the molecule is COC(=O)NCCC1C(=O)N(C(=O)N[C@@H](C)c2ccccc2)c2ccccc21. The van der Waals surface area contributed by atoms with Crippen molar-refractivity contribution in [3.8, 4) is 0 Å². The van der Waals surface area contributed by atoms with Crippen LogP contribution in [0, 0.1) is 0 Å². The van der Waals surface area contributed by atoms with Crippen molar-refractivity contribution < 1.29 is 19.1 Å². The van der Waals surface area contributed by atoms with E-state index in [2.05, 4.69) is 15.4 Å². The molecular weight excluding hydrogens is 358 g/mol. The second-order valence-corrected chi connectivity index (χ2v) is 6.57. The molecule has 3 rings (SSSR count). The fraction of sp³-hybridized carbons (Fsp3) is 0.286. The highest BCUT2D eigenvalue weighted by Crippen LogP contribution is 2.39. The van der Waals surface area contributed by atoms with Gasteiger partial charge in [0, 0.05) is 6.54 Å². The molecule has 0 radical (unpaired) electrons. The van der Waals surface area contributed by atoms with E-state index < -0.39 is 18.0 Å². The molecule has 0 spiro atoms. The molecule has 0 bridgehead atoms. The number of hydrogen-bond acceptors (Lipinski definition) is 4. The van der Waals surface area contributed by atoms with Gasteiger partial charge in [-0.1, -0.05) is 48.5 Å². The number of carbonyl (C=O) groups is 3. The maximum Gasteiger partial charge on any atom is 0.406 e. The molecule has 1 unspecified atom stereocenters. The predicted molar refractivity (Wildman–Crippen MR) is 105 cm³/mol. The number of benzene rings is 2. The van der Waals surface area contributed by atoms with Gasteiger partial charge in [0.05, 0.1) is 24.8 Å². The molecule has 146 valence electrons. The molecule has 0 saturated carbocycles. The molecule has 1 aliphatic rings. The first-order chi connectivity index (χ1) is 13.5. The molecule has 7 nitrogen and oxygen atoms in total. The van der Waals surface area contributed by atoms with Crippen molar-refractivity contribution in [1.29, 1.82) is 0 Å². The molecule has 2 aromatic rings. The maximum absolute atomic E-state index is 13.0. The number of imide groups is 1. The van der Waals surface area contributed by atoms with E-state index in [1.54, 1.807) is 12.1 Å². The number of alkyl carbamates (subject to hydrolysis) is 1. The van der Waals surface area contributed by atoms with Crippen molar-refractivity contribution >= 4 is 23.7 Å². The molecule has 1 heterocycles. The Morgan fingerprint density at radius 1 is 1.11 bits per heavy atom. The molecule has 0 aromatic heterocycles. The number of ether oxygens (including phenoxy) is 1. The van der Waals surface area contributed by atoms with Gasteiger partial charge in [0.25, 0.3) is 0 Å². The summed E-state index contributed by atoms with van der Waals surface area (Å²) in [5.74, 6) is -0.795. The number of nitrogens with zero attached hydrogens (tertiary/aromatic N) is 1. The standard InChI is InChI=1S/C21H23N3O4/c1-14(15-8-4-3-5-9-15)23-20(26)24-18-11-7-6-10-16(18)17(19(24)25)12-13-22-21(27)28-2/h3-11,14,17H,12-13H2,1-2H3,(H,22,27)(H,23,26)/t14-,17?/m0/s1. The summed E-state index contributed by atoms with van der Waals surface area (Å²) in [6.07, 6.45) is -0.173. The van der Waals surface area contributed by atoms with Crippen LogP contribution in [0.2, 0.25) is 0 Å². The first kappa shape index (κ1) is 19.4. The Morgan fingerprint density at radius 2 is 1.79 bits per heavy atom. The van der Waals surface area contributed by atoms with Gasteiger partial charge in [0.2, 0.25) is 5.91 Å². The number of rotatable bonds is 5. The summed E-state index contributed by atoms with van der Waals surface area (Å²) < 4.78 is 4.55. The molecule has 7 heteroatoms. The van der Waals surface area contributed by atoms with Crippen LogP contribution >= 0.6 is 0 Å². The fourth-order valence-electron chi connectivity index (χ4n) is 3.35. The first-order valence-electron chi connectivity index (χ1n) is 9.13. The number of anilines is 1. The molecule has 2 aromatic carbocycles. The largest absolute Gasteiger partial charge is 0.453 e. The van der Waals surface area contributed by atoms with E-state index in [1.165, 1.54) is 12.0 Å². The Bertz CT molecular complexity index is 869. The Hall–Kier alpha value is -3.35. The Labute approximate surface area is 163 Å². The summed E-state index contributed by atoms with van der Waals surface area (Å²) in [5, 5.41) is 5.47. The Kier molecular flexibility index (Phi) is 5.93. The topological polar surface area (TPSA) is 87.7 Å². The van der Waals surface area contributed by atoms with Gasteiger partial charge in [0.1, 0.15) is 0 Å². The Balaban J connectivity index is 1.75. The molecule has 2 atom stereocenters. The van der Waals surface area contributed by atoms with Crippen LogP contribution in [0.3, 0.4) is 0 Å². The number of fused-ring (bicyclic) bond motifs is 1. The van der Waals surface area contributed by atoms with E-state index in [0.717, 1.165) is 11.1 Å². The molecule has 1 aliphatic heterocycles. The Morgan fingerprint density at radius 3 is 2.50 bits per heavy atom. The first-order valence-corrected chi connectivity index (χ1v) is 9.13. The van der Waals surface area contributed by atoms with Crippen LogP contribution in [0.5, 0.6) is 0 Å². The summed E-state index contributed by atoms with van der Waals surface area (Å²) >= 11 is 0. The quantitative estimate of drug-likeness (QED) is 0.832. The van der Waals surface area contributed by atoms with Gasteiger partial charge in [0.15, 0.2) is 0 Å². The van der Waals surface area contributed by atoms with Gasteiger partial charge in [-0.15, -0.1) is 0 Å². The van der Waals surface area contributed by atoms with Crippen molar-refractivity contribution in [2.75, 3.05) is 18.6 Å². The molecule has 2 N–H and O–H groups in total. The lowest BCUT2D eigenvalue weighted by atomic mass is 9.97. The highest BCUT2D eigenvalue weighted by molar-refractivity contribution is 6.20. The van der Waals surface area contributed by atoms with Gasteiger partial charge in [-0.3, -0.25) is 4.79 Å². The van der Waals surface area contributed by atoms with Crippen LogP contribution in [0.25, 0.3) is 0 Å². The monoisotopic (exact) mass is 381 g/mol. The van der Waals surface area contributed by atoms with Gasteiger partial charge >= 0.3 is 12.1 Å². The molecule has 0 fully saturated rings. The number of amides is 4. The third-order valence-corrected chi connectivity index (χ3v) is 4.80. The second-order valence-electron chi connectivity index (χ2n) is 6.57. The highest BCUT2D eigenvalue weighted by atomic mass is 16.5. The van der Waals surface area contributed by atoms with Crippen LogP contribution in [0.15, 0.2) is 54.6 Å². The predicted octanol–water partition coefficient (Wildman–Crippen LogP) is 3.33. The van der Waals surface area contributed by atoms with Crippen molar-refractivity contribution in [3.05, 3.63) is 65.7 Å². The molecular formula is C21H23N3O4. The van der Waals surface area contributed by atoms with E-state index in [4.69, 9.17) is 0 Å². The zero-order chi connectivity index (χ0) is 20.1. The van der Waals surface area contributed by atoms with E-state index in [9.17, 15) is 14.4 Å². The number of methoxy groups -OCH3 is 1. The van der Waals surface area contributed by atoms with Gasteiger partial charge < -0.3 is 15.4 Å². The number of nitrogens with one attached hydrogen (secondary N) is 2. The van der Waals surface area contributed by atoms with Gasteiger partial charge in [-0.25, -0.2) is 14.5 Å². The summed E-state index contributed by atoms with van der Waals surface area (Å²) in [6.45, 7) is 2.14. The van der Waals surface area contributed by atoms with Crippen molar-refractivity contribution in [3.63, 3.8) is 0 Å². The smallest absolute Gasteiger partial charge is 0.406 e. The molecule has 28 heavy (non-hydrogen) atoms. The van der Waals surface area contributed by atoms with Crippen molar-refractivity contribution in [2.45, 2.75) is 25.3 Å². The third kappa shape index (κ3) is 3.98. The van der Waals surface area contributed by atoms with E-state index in [-0.39, 0.29) is 18.5 Å². The fourth-order valence-corrected chi connectivity index (χ4v) is 3.35. The van der Waals surface area contributed by atoms with Gasteiger partial charge in [-0.05, 0) is 30.5 Å². The normalized spacial score (nSPS) is 16.3. The maximum atomic E-state index is 13.0.